The van der Waals surface area contributed by atoms with Crippen LogP contribution in [-0.2, 0) is 4.57 Å². The van der Waals surface area contributed by atoms with Gasteiger partial charge in [0.15, 0.2) is 0 Å². The molecule has 0 amide bonds. The molecule has 0 unspecified atom stereocenters. The highest BCUT2D eigenvalue weighted by Crippen LogP contribution is 1.57. The van der Waals surface area contributed by atoms with Crippen LogP contribution >= 0.6 is 0 Å². The molecule has 0 aliphatic heterocycles. The van der Waals surface area contributed by atoms with Gasteiger partial charge < -0.3 is 24.7 Å². The molecular weight excluding hydrogens is 318 g/mol. The van der Waals surface area contributed by atoms with Crippen molar-refractivity contribution in [2.75, 3.05) is 0 Å². The molecule has 0 saturated carbocycles. The highest BCUT2D eigenvalue weighted by atomic mass is 16.7. The lowest BCUT2D eigenvalue weighted by atomic mass is 10.1. The van der Waals surface area contributed by atoms with Crippen molar-refractivity contribution in [1.82, 2.24) is 0 Å². The lowest BCUT2D eigenvalue weighted by Gasteiger charge is -2.39. The van der Waals surface area contributed by atoms with Crippen molar-refractivity contribution in [3.63, 3.8) is 0 Å². The molecule has 0 aliphatic carbocycles. The van der Waals surface area contributed by atoms with Crippen molar-refractivity contribution in [3.05, 3.63) is 0 Å². The summed E-state index contributed by atoms with van der Waals surface area (Å²) in [6.07, 6.45) is 0. The zero-order valence-corrected chi connectivity index (χ0v) is 12.1. The molecule has 0 fully saturated rings. The summed E-state index contributed by atoms with van der Waals surface area (Å²) in [4.78, 5) is 0. The van der Waals surface area contributed by atoms with Crippen LogP contribution in [0.5, 0.6) is 0 Å². The Morgan fingerprint density at radius 1 is 0.522 bits per heavy atom. The third-order valence-electron chi connectivity index (χ3n) is 0.222. The van der Waals surface area contributed by atoms with E-state index in [1.54, 1.807) is 0 Å². The minimum atomic E-state index is -2.75. The van der Waals surface area contributed by atoms with Gasteiger partial charge in [-0.25, -0.2) is 0 Å². The van der Waals surface area contributed by atoms with Crippen LogP contribution < -0.4 is 87.6 Å². The number of guanidine groups is 4. The molecule has 136 valence electrons. The summed E-state index contributed by atoms with van der Waals surface area (Å²) in [6, 6.07) is 0. The van der Waals surface area contributed by atoms with Gasteiger partial charge in [0.25, 0.3) is 0 Å². The monoisotopic (exact) mass is 342 g/mol. The Hall–Kier alpha value is -2.99. The largest absolute Gasteiger partial charge is 0.872 e. The van der Waals surface area contributed by atoms with E-state index in [0.29, 0.717) is 0 Å². The number of nitrogens with two attached hydrogens (primary N) is 12. The Morgan fingerprint density at radius 2 is 0.609 bits per heavy atom. The predicted molar refractivity (Wildman–Crippen MR) is 73.8 cm³/mol. The SMILES string of the molecule is NC(N)=[NH2+].NC(N)=[NH2+].NC(N)=[NH2+].NC(N)=[NH2+].[O-]B([O-])OB([O-])[O-]. The topological polar surface area (TPSA) is 412 Å². The van der Waals surface area contributed by atoms with Crippen molar-refractivity contribution in [2.45, 2.75) is 0 Å². The second kappa shape index (κ2) is 24.1. The van der Waals surface area contributed by atoms with Gasteiger partial charge in [0.05, 0.1) is 0 Å². The highest BCUT2D eigenvalue weighted by Gasteiger charge is 1.70. The van der Waals surface area contributed by atoms with Crippen LogP contribution in [0.25, 0.3) is 0 Å². The molecule has 0 bridgehead atoms. The predicted octanol–water partition coefficient (Wildman–Crippen LogP) is -17.5. The van der Waals surface area contributed by atoms with E-state index < -0.39 is 14.6 Å². The first kappa shape index (κ1) is 32.1. The Labute approximate surface area is 131 Å². The quantitative estimate of drug-likeness (QED) is 0.126. The summed E-state index contributed by atoms with van der Waals surface area (Å²) in [6.45, 7) is 0. The third kappa shape index (κ3) is 5390. The molecule has 17 nitrogen and oxygen atoms in total. The summed E-state index contributed by atoms with van der Waals surface area (Å²) >= 11 is 0. The van der Waals surface area contributed by atoms with Gasteiger partial charge in [-0.2, -0.15) is 0 Å². The first-order valence-corrected chi connectivity index (χ1v) is 4.88. The van der Waals surface area contributed by atoms with E-state index in [2.05, 4.69) is 72.1 Å². The summed E-state index contributed by atoms with van der Waals surface area (Å²) in [5.74, 6) is -0.333. The molecular formula is C4H24B2N12O5. The van der Waals surface area contributed by atoms with Crippen LogP contribution in [0, 0.1) is 0 Å². The molecule has 24 N–H and O–H groups in total. The molecule has 23 heavy (non-hydrogen) atoms. The number of rotatable bonds is 2. The lowest BCUT2D eigenvalue weighted by Crippen LogP contribution is -2.59. The maximum atomic E-state index is 9.16. The first-order chi connectivity index (χ1) is 10.1. The maximum absolute atomic E-state index is 9.16. The van der Waals surface area contributed by atoms with Gasteiger partial charge in [-0.3, -0.25) is 67.5 Å². The van der Waals surface area contributed by atoms with E-state index in [9.17, 15) is 0 Å². The molecule has 0 saturated heterocycles. The fourth-order valence-electron chi connectivity index (χ4n) is 0.0907. The van der Waals surface area contributed by atoms with Crippen LogP contribution in [0.15, 0.2) is 0 Å². The van der Waals surface area contributed by atoms with Gasteiger partial charge in [0, 0.05) is 14.6 Å². The fraction of sp³-hybridized carbons (Fsp3) is 0. The minimum absolute atomic E-state index is 0.0833. The zero-order valence-electron chi connectivity index (χ0n) is 12.1. The van der Waals surface area contributed by atoms with Crippen molar-refractivity contribution >= 4 is 38.5 Å². The second-order valence-corrected chi connectivity index (χ2v) is 2.71. The Morgan fingerprint density at radius 3 is 0.609 bits per heavy atom. The van der Waals surface area contributed by atoms with Crippen LogP contribution in [-0.4, -0.2) is 38.5 Å². The van der Waals surface area contributed by atoms with Crippen LogP contribution in [0.1, 0.15) is 0 Å². The summed E-state index contributed by atoms with van der Waals surface area (Å²) in [5, 5.41) is 55.0. The molecule has 0 aromatic carbocycles. The van der Waals surface area contributed by atoms with Crippen LogP contribution in [0.3, 0.4) is 0 Å². The molecule has 19 heteroatoms. The van der Waals surface area contributed by atoms with E-state index in [1.807, 2.05) is 0 Å². The second-order valence-electron chi connectivity index (χ2n) is 2.71. The molecule has 0 aliphatic rings. The molecule has 0 aromatic heterocycles. The molecule has 0 heterocycles. The Kier molecular flexibility index (Phi) is 33.6. The van der Waals surface area contributed by atoms with Gasteiger partial charge in [-0.1, -0.05) is 0 Å². The average Bonchev–Trinajstić information content (AvgIpc) is 2.09. The smallest absolute Gasteiger partial charge is 0.336 e. The van der Waals surface area contributed by atoms with Crippen molar-refractivity contribution in [3.8, 4) is 0 Å². The Bertz CT molecular complexity index is 257. The molecule has 0 radical (unpaired) electrons. The lowest BCUT2D eigenvalue weighted by molar-refractivity contribution is -0.411. The van der Waals surface area contributed by atoms with Gasteiger partial charge in [-0.05, 0) is 0 Å². The fourth-order valence-corrected chi connectivity index (χ4v) is 0.0907. The summed E-state index contributed by atoms with van der Waals surface area (Å²) < 4.78 is 3.03. The molecule has 0 spiro atoms. The minimum Gasteiger partial charge on any atom is -0.872 e. The van der Waals surface area contributed by atoms with Crippen molar-refractivity contribution in [1.29, 1.82) is 0 Å². The van der Waals surface area contributed by atoms with E-state index in [1.165, 1.54) is 0 Å². The van der Waals surface area contributed by atoms with Gasteiger partial charge in [-0.15, -0.1) is 0 Å². The Balaban J connectivity index is -0.0000000604. The van der Waals surface area contributed by atoms with Gasteiger partial charge in [0.2, 0.25) is 0 Å². The molecule has 0 atom stereocenters. The third-order valence-corrected chi connectivity index (χ3v) is 0.222. The average molecular weight is 342 g/mol. The normalized spacial score (nSPS) is 6.78. The van der Waals surface area contributed by atoms with Crippen LogP contribution in [0.2, 0.25) is 0 Å². The zero-order chi connectivity index (χ0) is 20.2. The first-order valence-electron chi connectivity index (χ1n) is 4.88. The van der Waals surface area contributed by atoms with E-state index in [0.717, 1.165) is 0 Å². The van der Waals surface area contributed by atoms with Gasteiger partial charge in [0.1, 0.15) is 0 Å². The highest BCUT2D eigenvalue weighted by molar-refractivity contribution is 6.44. The summed E-state index contributed by atoms with van der Waals surface area (Å²) in [7, 11) is -5.50. The van der Waals surface area contributed by atoms with E-state index in [-0.39, 0.29) is 23.8 Å². The standard InChI is InChI=1S/4CH5N3.B2O5/c4*2-1(3)4;3-1(4)7-2(5)6/h4*(H5,2,3,4);/q;;;;-4/p+4. The number of hydrogen-bond donors (Lipinski definition) is 12. The van der Waals surface area contributed by atoms with Gasteiger partial charge >= 0.3 is 23.8 Å². The van der Waals surface area contributed by atoms with E-state index in [4.69, 9.17) is 20.1 Å². The van der Waals surface area contributed by atoms with Crippen molar-refractivity contribution < 1.29 is 46.3 Å². The molecule has 0 aromatic rings. The summed E-state index contributed by atoms with van der Waals surface area (Å²) in [5.41, 5.74) is 36.7. The number of hydrogen-bond acceptors (Lipinski definition) is 5. The van der Waals surface area contributed by atoms with E-state index >= 15 is 0 Å². The maximum Gasteiger partial charge on any atom is 0.336 e. The molecule has 0 rings (SSSR count). The van der Waals surface area contributed by atoms with Crippen molar-refractivity contribution in [2.24, 2.45) is 45.9 Å². The van der Waals surface area contributed by atoms with Crippen LogP contribution in [0.4, 0.5) is 0 Å².